The number of anilines is 1. The lowest BCUT2D eigenvalue weighted by Gasteiger charge is -2.24. The summed E-state index contributed by atoms with van der Waals surface area (Å²) in [6.07, 6.45) is 1.17. The van der Waals surface area contributed by atoms with Crippen molar-refractivity contribution >= 4 is 21.6 Å². The Labute approximate surface area is 196 Å². The third-order valence-electron chi connectivity index (χ3n) is 5.31. The predicted molar refractivity (Wildman–Crippen MR) is 132 cm³/mol. The predicted octanol–water partition coefficient (Wildman–Crippen LogP) is 4.59. The molecule has 0 aliphatic heterocycles. The fraction of sp³-hybridized carbons (Fsp3) is 0.269. The van der Waals surface area contributed by atoms with Gasteiger partial charge < -0.3 is 10.1 Å². The minimum Gasteiger partial charge on any atom is -0.492 e. The summed E-state index contributed by atoms with van der Waals surface area (Å²) in [5.74, 6) is 0.545. The second-order valence-electron chi connectivity index (χ2n) is 7.89. The van der Waals surface area contributed by atoms with Gasteiger partial charge in [0.05, 0.1) is 25.1 Å². The van der Waals surface area contributed by atoms with Gasteiger partial charge in [0, 0.05) is 12.1 Å². The first-order chi connectivity index (χ1) is 15.8. The molecule has 0 radical (unpaired) electrons. The van der Waals surface area contributed by atoms with Crippen molar-refractivity contribution < 1.29 is 17.9 Å². The highest BCUT2D eigenvalue weighted by molar-refractivity contribution is 7.92. The van der Waals surface area contributed by atoms with Gasteiger partial charge in [-0.3, -0.25) is 9.10 Å². The molecule has 3 aromatic carbocycles. The number of para-hydroxylation sites is 2. The van der Waals surface area contributed by atoms with Crippen LogP contribution in [0.5, 0.6) is 5.75 Å². The molecule has 0 unspecified atom stereocenters. The van der Waals surface area contributed by atoms with Crippen molar-refractivity contribution in [1.82, 2.24) is 5.32 Å². The molecule has 1 amide bonds. The van der Waals surface area contributed by atoms with E-state index >= 15 is 0 Å². The van der Waals surface area contributed by atoms with Crippen LogP contribution in [0, 0.1) is 0 Å². The Kier molecular flexibility index (Phi) is 8.11. The van der Waals surface area contributed by atoms with Crippen molar-refractivity contribution in [2.24, 2.45) is 0 Å². The van der Waals surface area contributed by atoms with Gasteiger partial charge in [-0.25, -0.2) is 8.42 Å². The molecular formula is C26H30N2O4S. The molecule has 6 nitrogen and oxygen atoms in total. The number of amides is 1. The minimum atomic E-state index is -3.55. The van der Waals surface area contributed by atoms with Crippen LogP contribution >= 0.6 is 0 Å². The van der Waals surface area contributed by atoms with Gasteiger partial charge in [-0.1, -0.05) is 61.5 Å². The number of ether oxygens (including phenoxy) is 1. The normalized spacial score (nSPS) is 12.1. The van der Waals surface area contributed by atoms with Crippen LogP contribution < -0.4 is 14.4 Å². The van der Waals surface area contributed by atoms with Crippen LogP contribution in [0.1, 0.15) is 41.3 Å². The van der Waals surface area contributed by atoms with Gasteiger partial charge in [0.15, 0.2) is 0 Å². The highest BCUT2D eigenvalue weighted by atomic mass is 32.2. The van der Waals surface area contributed by atoms with E-state index in [1.54, 1.807) is 48.5 Å². The lowest BCUT2D eigenvalue weighted by Crippen LogP contribution is -2.30. The Morgan fingerprint density at radius 3 is 2.24 bits per heavy atom. The average Bonchev–Trinajstić information content (AvgIpc) is 2.82. The molecule has 3 rings (SSSR count). The van der Waals surface area contributed by atoms with E-state index in [0.717, 1.165) is 5.56 Å². The van der Waals surface area contributed by atoms with Crippen LogP contribution in [-0.2, 0) is 16.6 Å². The van der Waals surface area contributed by atoms with Crippen molar-refractivity contribution in [3.8, 4) is 5.75 Å². The Hall–Kier alpha value is -3.32. The molecule has 1 atom stereocenters. The SMILES string of the molecule is CCOc1ccccc1N(Cc1ccc(C(=O)NC[C@@H](C)c2ccccc2)cc1)S(C)(=O)=O. The van der Waals surface area contributed by atoms with Gasteiger partial charge in [-0.15, -0.1) is 0 Å². The van der Waals surface area contributed by atoms with E-state index in [1.165, 1.54) is 16.1 Å². The van der Waals surface area contributed by atoms with Crippen LogP contribution in [0.25, 0.3) is 0 Å². The topological polar surface area (TPSA) is 75.7 Å². The summed E-state index contributed by atoms with van der Waals surface area (Å²) in [4.78, 5) is 12.6. The molecule has 174 valence electrons. The van der Waals surface area contributed by atoms with Gasteiger partial charge in [0.25, 0.3) is 5.91 Å². The van der Waals surface area contributed by atoms with E-state index in [-0.39, 0.29) is 18.4 Å². The second kappa shape index (κ2) is 11.0. The van der Waals surface area contributed by atoms with E-state index < -0.39 is 10.0 Å². The fourth-order valence-electron chi connectivity index (χ4n) is 3.50. The summed E-state index contributed by atoms with van der Waals surface area (Å²) < 4.78 is 32.0. The Balaban J connectivity index is 1.70. The summed E-state index contributed by atoms with van der Waals surface area (Å²) in [6, 6.07) is 24.1. The molecule has 33 heavy (non-hydrogen) atoms. The van der Waals surface area contributed by atoms with Crippen molar-refractivity contribution in [2.75, 3.05) is 23.7 Å². The van der Waals surface area contributed by atoms with Crippen LogP contribution in [-0.4, -0.2) is 33.7 Å². The number of carbonyl (C=O) groups is 1. The first-order valence-electron chi connectivity index (χ1n) is 10.9. The van der Waals surface area contributed by atoms with Gasteiger partial charge >= 0.3 is 0 Å². The number of hydrogen-bond acceptors (Lipinski definition) is 4. The third kappa shape index (κ3) is 6.58. The maximum Gasteiger partial charge on any atom is 0.251 e. The van der Waals surface area contributed by atoms with Gasteiger partial charge in [0.1, 0.15) is 5.75 Å². The first-order valence-corrected chi connectivity index (χ1v) is 12.8. The zero-order chi connectivity index (χ0) is 23.8. The summed E-state index contributed by atoms with van der Waals surface area (Å²) in [5.41, 5.74) is 2.94. The summed E-state index contributed by atoms with van der Waals surface area (Å²) in [6.45, 7) is 5.02. The lowest BCUT2D eigenvalue weighted by atomic mass is 10.0. The maximum atomic E-state index is 12.6. The van der Waals surface area contributed by atoms with Gasteiger partial charge in [-0.05, 0) is 48.2 Å². The molecular weight excluding hydrogens is 436 g/mol. The second-order valence-corrected chi connectivity index (χ2v) is 9.80. The summed E-state index contributed by atoms with van der Waals surface area (Å²) in [7, 11) is -3.55. The minimum absolute atomic E-state index is 0.135. The van der Waals surface area contributed by atoms with E-state index in [9.17, 15) is 13.2 Å². The molecule has 7 heteroatoms. The number of nitrogens with one attached hydrogen (secondary N) is 1. The molecule has 0 bridgehead atoms. The molecule has 0 saturated heterocycles. The van der Waals surface area contributed by atoms with Crippen molar-refractivity contribution in [3.63, 3.8) is 0 Å². The van der Waals surface area contributed by atoms with Crippen molar-refractivity contribution in [1.29, 1.82) is 0 Å². The van der Waals surface area contributed by atoms with Gasteiger partial charge in [0.2, 0.25) is 10.0 Å². The average molecular weight is 467 g/mol. The molecule has 0 aromatic heterocycles. The van der Waals surface area contributed by atoms with Crippen LogP contribution in [0.15, 0.2) is 78.9 Å². The molecule has 0 aliphatic rings. The third-order valence-corrected chi connectivity index (χ3v) is 6.44. The van der Waals surface area contributed by atoms with E-state index in [2.05, 4.69) is 12.2 Å². The van der Waals surface area contributed by atoms with Gasteiger partial charge in [-0.2, -0.15) is 0 Å². The summed E-state index contributed by atoms with van der Waals surface area (Å²) >= 11 is 0. The summed E-state index contributed by atoms with van der Waals surface area (Å²) in [5, 5.41) is 2.97. The molecule has 0 spiro atoms. The van der Waals surface area contributed by atoms with Crippen LogP contribution in [0.2, 0.25) is 0 Å². The highest BCUT2D eigenvalue weighted by Gasteiger charge is 2.21. The zero-order valence-corrected chi connectivity index (χ0v) is 20.0. The molecule has 3 aromatic rings. The van der Waals surface area contributed by atoms with Crippen LogP contribution in [0.3, 0.4) is 0 Å². The number of hydrogen-bond donors (Lipinski definition) is 1. The number of sulfonamides is 1. The standard InChI is InChI=1S/C26H30N2O4S/c1-4-32-25-13-9-8-12-24(25)28(33(3,30)31)19-21-14-16-23(17-15-21)26(29)27-18-20(2)22-10-6-5-7-11-22/h5-17,20H,4,18-19H2,1-3H3,(H,27,29)/t20-/m1/s1. The fourth-order valence-corrected chi connectivity index (χ4v) is 4.39. The number of benzene rings is 3. The van der Waals surface area contributed by atoms with E-state index in [4.69, 9.17) is 4.74 Å². The van der Waals surface area contributed by atoms with E-state index in [1.807, 2.05) is 37.3 Å². The molecule has 1 N–H and O–H groups in total. The highest BCUT2D eigenvalue weighted by Crippen LogP contribution is 2.31. The largest absolute Gasteiger partial charge is 0.492 e. The van der Waals surface area contributed by atoms with Crippen molar-refractivity contribution in [2.45, 2.75) is 26.3 Å². The van der Waals surface area contributed by atoms with Crippen molar-refractivity contribution in [3.05, 3.63) is 95.6 Å². The number of rotatable bonds is 10. The van der Waals surface area contributed by atoms with E-state index in [0.29, 0.717) is 30.2 Å². The molecule has 0 fully saturated rings. The first kappa shape index (κ1) is 24.3. The smallest absolute Gasteiger partial charge is 0.251 e. The number of carbonyl (C=O) groups excluding carboxylic acids is 1. The Morgan fingerprint density at radius 2 is 1.61 bits per heavy atom. The quantitative estimate of drug-likeness (QED) is 0.474. The monoisotopic (exact) mass is 466 g/mol. The maximum absolute atomic E-state index is 12.6. The Morgan fingerprint density at radius 1 is 0.970 bits per heavy atom. The zero-order valence-electron chi connectivity index (χ0n) is 19.2. The van der Waals surface area contributed by atoms with Crippen LogP contribution in [0.4, 0.5) is 5.69 Å². The number of nitrogens with zero attached hydrogens (tertiary/aromatic N) is 1. The lowest BCUT2D eigenvalue weighted by molar-refractivity contribution is 0.0951. The molecule has 0 heterocycles. The molecule has 0 aliphatic carbocycles. The Bertz CT molecular complexity index is 1160. The molecule has 0 saturated carbocycles.